The molecule has 0 saturated carbocycles. The molecule has 0 nitrogen and oxygen atoms in total. The highest BCUT2D eigenvalue weighted by Gasteiger charge is 2.42. The van der Waals surface area contributed by atoms with Gasteiger partial charge in [0.15, 0.2) is 0 Å². The van der Waals surface area contributed by atoms with Gasteiger partial charge < -0.3 is 0 Å². The first kappa shape index (κ1) is 28.7. The van der Waals surface area contributed by atoms with Crippen LogP contribution >= 0.6 is 0 Å². The van der Waals surface area contributed by atoms with Crippen molar-refractivity contribution in [2.24, 2.45) is 11.8 Å². The SMILES string of the molecule is Cc1cc(C)cc(-c2c3c(c(-c4cc(C)cc(C)c4)c4cc5c(cc24)-c2ccc4ccc6cccc7cc-5c2c4c67)C2=CC=CC4C=CC=C3C24)c1. The zero-order valence-corrected chi connectivity index (χ0v) is 29.9. The van der Waals surface area contributed by atoms with Crippen molar-refractivity contribution in [1.29, 1.82) is 0 Å². The first-order valence-electron chi connectivity index (χ1n) is 18.7. The molecule has 244 valence electrons. The van der Waals surface area contributed by atoms with Gasteiger partial charge in [0, 0.05) is 11.8 Å². The Morgan fingerprint density at radius 1 is 0.404 bits per heavy atom. The van der Waals surface area contributed by atoms with Gasteiger partial charge >= 0.3 is 0 Å². The van der Waals surface area contributed by atoms with E-state index in [1.54, 1.807) is 0 Å². The molecule has 0 heteroatoms. The van der Waals surface area contributed by atoms with Crippen LogP contribution in [0.2, 0.25) is 0 Å². The predicted molar refractivity (Wildman–Crippen MR) is 223 cm³/mol. The summed E-state index contributed by atoms with van der Waals surface area (Å²) >= 11 is 0. The van der Waals surface area contributed by atoms with Crippen molar-refractivity contribution >= 4 is 54.2 Å². The molecule has 2 unspecified atom stereocenters. The van der Waals surface area contributed by atoms with Crippen molar-refractivity contribution in [1.82, 2.24) is 0 Å². The summed E-state index contributed by atoms with van der Waals surface area (Å²) in [5.41, 5.74) is 21.8. The third kappa shape index (κ3) is 3.62. The molecule has 8 aromatic carbocycles. The Morgan fingerprint density at radius 3 is 1.52 bits per heavy atom. The van der Waals surface area contributed by atoms with Crippen LogP contribution in [0.25, 0.3) is 98.7 Å². The molecule has 0 saturated heterocycles. The van der Waals surface area contributed by atoms with E-state index in [0.29, 0.717) is 11.8 Å². The van der Waals surface area contributed by atoms with Crippen LogP contribution in [-0.2, 0) is 0 Å². The van der Waals surface area contributed by atoms with Crippen LogP contribution in [0.4, 0.5) is 0 Å². The molecule has 0 amide bonds. The van der Waals surface area contributed by atoms with Crippen molar-refractivity contribution in [2.75, 3.05) is 0 Å². The van der Waals surface area contributed by atoms with Crippen LogP contribution in [-0.4, -0.2) is 0 Å². The maximum atomic E-state index is 2.58. The summed E-state index contributed by atoms with van der Waals surface area (Å²) in [6.07, 6.45) is 14.3. The lowest BCUT2D eigenvalue weighted by atomic mass is 9.77. The Hall–Kier alpha value is -5.98. The van der Waals surface area contributed by atoms with E-state index in [4.69, 9.17) is 0 Å². The largest absolute Gasteiger partial charge is 0.0767 e. The summed E-state index contributed by atoms with van der Waals surface area (Å²) in [7, 11) is 0. The third-order valence-electron chi connectivity index (χ3n) is 12.5. The second-order valence-electron chi connectivity index (χ2n) is 15.9. The Bertz CT molecular complexity index is 3060. The van der Waals surface area contributed by atoms with Gasteiger partial charge in [-0.15, -0.1) is 0 Å². The van der Waals surface area contributed by atoms with Gasteiger partial charge in [-0.05, 0) is 156 Å². The summed E-state index contributed by atoms with van der Waals surface area (Å²) in [4.78, 5) is 0. The molecule has 4 aliphatic rings. The van der Waals surface area contributed by atoms with E-state index in [-0.39, 0.29) is 0 Å². The fourth-order valence-corrected chi connectivity index (χ4v) is 10.8. The zero-order valence-electron chi connectivity index (χ0n) is 29.9. The molecule has 0 heterocycles. The average Bonchev–Trinajstić information content (AvgIpc) is 3.62. The normalized spacial score (nSPS) is 17.7. The van der Waals surface area contributed by atoms with Crippen LogP contribution in [0.15, 0.2) is 134 Å². The molecule has 0 fully saturated rings. The van der Waals surface area contributed by atoms with Gasteiger partial charge in [-0.2, -0.15) is 0 Å². The van der Waals surface area contributed by atoms with Gasteiger partial charge in [0.05, 0.1) is 0 Å². The minimum absolute atomic E-state index is 0.329. The molecule has 8 aromatic rings. The van der Waals surface area contributed by atoms with Gasteiger partial charge in [0.1, 0.15) is 0 Å². The summed E-state index contributed by atoms with van der Waals surface area (Å²) in [5, 5.41) is 10.9. The summed E-state index contributed by atoms with van der Waals surface area (Å²) in [5.74, 6) is 0.694. The van der Waals surface area contributed by atoms with Gasteiger partial charge in [-0.3, -0.25) is 0 Å². The molecular weight excluding hydrogens is 625 g/mol. The quantitative estimate of drug-likeness (QED) is 0.162. The average molecular weight is 661 g/mol. The maximum absolute atomic E-state index is 2.58. The van der Waals surface area contributed by atoms with Crippen LogP contribution in [0.1, 0.15) is 33.4 Å². The molecule has 0 bridgehead atoms. The fourth-order valence-electron chi connectivity index (χ4n) is 10.8. The summed E-state index contributed by atoms with van der Waals surface area (Å²) in [6, 6.07) is 38.1. The van der Waals surface area contributed by atoms with Crippen LogP contribution in [0.3, 0.4) is 0 Å². The minimum atomic E-state index is 0.329. The van der Waals surface area contributed by atoms with E-state index in [9.17, 15) is 0 Å². The Balaban J connectivity index is 1.31. The number of aryl methyl sites for hydroxylation is 4. The number of fused-ring (bicyclic) bond motifs is 7. The van der Waals surface area contributed by atoms with E-state index < -0.39 is 0 Å². The van der Waals surface area contributed by atoms with Gasteiger partial charge in [0.2, 0.25) is 0 Å². The van der Waals surface area contributed by atoms with Gasteiger partial charge in [0.25, 0.3) is 0 Å². The molecule has 4 aliphatic carbocycles. The smallest absolute Gasteiger partial charge is 0.0200 e. The number of benzene rings is 8. The highest BCUT2D eigenvalue weighted by molar-refractivity contribution is 6.33. The Morgan fingerprint density at radius 2 is 0.923 bits per heavy atom. The first-order chi connectivity index (χ1) is 25.4. The lowest BCUT2D eigenvalue weighted by molar-refractivity contribution is 0.707. The van der Waals surface area contributed by atoms with E-state index in [1.807, 2.05) is 0 Å². The second-order valence-corrected chi connectivity index (χ2v) is 15.9. The van der Waals surface area contributed by atoms with Crippen molar-refractivity contribution < 1.29 is 0 Å². The van der Waals surface area contributed by atoms with Gasteiger partial charge in [-0.25, -0.2) is 0 Å². The maximum Gasteiger partial charge on any atom is 0.0200 e. The molecular formula is C52H36. The molecule has 0 aromatic heterocycles. The van der Waals surface area contributed by atoms with Crippen molar-refractivity contribution in [2.45, 2.75) is 27.7 Å². The number of hydrogen-bond donors (Lipinski definition) is 0. The van der Waals surface area contributed by atoms with Crippen LogP contribution in [0.5, 0.6) is 0 Å². The van der Waals surface area contributed by atoms with E-state index in [1.165, 1.54) is 132 Å². The third-order valence-corrected chi connectivity index (χ3v) is 12.5. The van der Waals surface area contributed by atoms with Crippen LogP contribution < -0.4 is 0 Å². The fraction of sp³-hybridized carbons (Fsp3) is 0.115. The van der Waals surface area contributed by atoms with E-state index >= 15 is 0 Å². The summed E-state index contributed by atoms with van der Waals surface area (Å²) < 4.78 is 0. The molecule has 0 spiro atoms. The Kier molecular flexibility index (Phi) is 5.44. The Labute approximate surface area is 304 Å². The monoisotopic (exact) mass is 660 g/mol. The molecule has 0 N–H and O–H groups in total. The van der Waals surface area contributed by atoms with Crippen LogP contribution in [0, 0.1) is 39.5 Å². The lowest BCUT2D eigenvalue weighted by Gasteiger charge is -2.26. The van der Waals surface area contributed by atoms with Crippen molar-refractivity contribution in [3.8, 4) is 44.5 Å². The highest BCUT2D eigenvalue weighted by Crippen LogP contribution is 2.61. The number of rotatable bonds is 2. The first-order valence-corrected chi connectivity index (χ1v) is 18.7. The number of hydrogen-bond acceptors (Lipinski definition) is 0. The predicted octanol–water partition coefficient (Wildman–Crippen LogP) is 14.1. The summed E-state index contributed by atoms with van der Waals surface area (Å²) in [6.45, 7) is 8.99. The minimum Gasteiger partial charge on any atom is -0.0767 e. The second kappa shape index (κ2) is 9.87. The standard InChI is InChI=1S/C52H36/c1-27-18-28(2)21-35(20-27)47-43-25-40-37-17-16-33-15-14-32-8-5-11-34-24-42(50(37)49(33)45(32)34)41(40)26-44(43)48(36-22-29(3)19-30(4)23-36)52-39-13-7-10-31-9-6-12-38(46(31)39)51(47)52/h5-26,31,46H,1-4H3. The van der Waals surface area contributed by atoms with E-state index in [2.05, 4.69) is 161 Å². The molecule has 0 aliphatic heterocycles. The van der Waals surface area contributed by atoms with Gasteiger partial charge in [-0.1, -0.05) is 138 Å². The van der Waals surface area contributed by atoms with Crippen molar-refractivity contribution in [3.05, 3.63) is 167 Å². The molecule has 52 heavy (non-hydrogen) atoms. The molecule has 12 rings (SSSR count). The number of allylic oxidation sites excluding steroid dienone is 8. The lowest BCUT2D eigenvalue weighted by Crippen LogP contribution is -2.14. The molecule has 2 atom stereocenters. The zero-order chi connectivity index (χ0) is 34.6. The molecule has 0 radical (unpaired) electrons. The van der Waals surface area contributed by atoms with Crippen molar-refractivity contribution in [3.63, 3.8) is 0 Å². The van der Waals surface area contributed by atoms with E-state index in [0.717, 1.165) is 0 Å². The highest BCUT2D eigenvalue weighted by atomic mass is 14.4. The topological polar surface area (TPSA) is 0 Å².